The Morgan fingerprint density at radius 3 is 2.79 bits per heavy atom. The number of anilines is 1. The van der Waals surface area contributed by atoms with Gasteiger partial charge in [-0.05, 0) is 24.0 Å². The second kappa shape index (κ2) is 8.35. The lowest BCUT2D eigenvalue weighted by atomic mass is 10.0. The van der Waals surface area contributed by atoms with E-state index >= 15 is 0 Å². The summed E-state index contributed by atoms with van der Waals surface area (Å²) in [6.07, 6.45) is 4.99. The summed E-state index contributed by atoms with van der Waals surface area (Å²) in [7, 11) is 0. The molecule has 0 atom stereocenters. The van der Waals surface area contributed by atoms with Crippen LogP contribution in [-0.4, -0.2) is 12.6 Å². The molecule has 0 saturated carbocycles. The Bertz CT molecular complexity index is 425. The highest BCUT2D eigenvalue weighted by atomic mass is 16.5. The summed E-state index contributed by atoms with van der Waals surface area (Å²) in [5.41, 5.74) is 2.25. The van der Waals surface area contributed by atoms with Crippen molar-refractivity contribution in [1.82, 2.24) is 0 Å². The lowest BCUT2D eigenvalue weighted by Gasteiger charge is -2.11. The van der Waals surface area contributed by atoms with Crippen molar-refractivity contribution in [3.8, 4) is 0 Å². The van der Waals surface area contributed by atoms with E-state index < -0.39 is 0 Å². The van der Waals surface area contributed by atoms with Crippen LogP contribution < -0.4 is 5.32 Å². The van der Waals surface area contributed by atoms with Crippen LogP contribution in [0.15, 0.2) is 36.5 Å². The molecule has 1 aromatic rings. The highest BCUT2D eigenvalue weighted by Crippen LogP contribution is 2.23. The first kappa shape index (κ1) is 15.3. The number of esters is 1. The maximum Gasteiger partial charge on any atom is 0.332 e. The molecule has 104 valence electrons. The van der Waals surface area contributed by atoms with Gasteiger partial charge in [-0.2, -0.15) is 0 Å². The molecule has 0 heterocycles. The Morgan fingerprint density at radius 1 is 1.37 bits per heavy atom. The smallest absolute Gasteiger partial charge is 0.332 e. The summed E-state index contributed by atoms with van der Waals surface area (Å²) in [5.74, 6) is 0.136. The molecule has 0 fully saturated rings. The van der Waals surface area contributed by atoms with Crippen LogP contribution >= 0.6 is 0 Å². The fraction of sp³-hybridized carbons (Fsp3) is 0.438. The van der Waals surface area contributed by atoms with Gasteiger partial charge in [-0.3, -0.25) is 0 Å². The number of unbranched alkanes of at least 4 members (excludes halogenated alkanes) is 1. The van der Waals surface area contributed by atoms with Crippen molar-refractivity contribution >= 4 is 11.7 Å². The summed E-state index contributed by atoms with van der Waals surface area (Å²) in [6.45, 7) is 6.84. The summed E-state index contributed by atoms with van der Waals surface area (Å²) < 4.78 is 5.03. The normalized spacial score (nSPS) is 10.9. The Morgan fingerprint density at radius 2 is 2.11 bits per heavy atom. The van der Waals surface area contributed by atoms with Gasteiger partial charge in [-0.1, -0.05) is 45.4 Å². The number of hydrogen-bond donors (Lipinski definition) is 1. The molecule has 1 aromatic carbocycles. The zero-order chi connectivity index (χ0) is 14.1. The number of ether oxygens (including phenoxy) is 1. The van der Waals surface area contributed by atoms with Crippen molar-refractivity contribution < 1.29 is 9.53 Å². The average molecular weight is 261 g/mol. The van der Waals surface area contributed by atoms with Crippen molar-refractivity contribution in [2.45, 2.75) is 39.5 Å². The lowest BCUT2D eigenvalue weighted by Crippen LogP contribution is -2.03. The minimum Gasteiger partial charge on any atom is -0.462 e. The number of nitrogens with one attached hydrogen (secondary N) is 1. The largest absolute Gasteiger partial charge is 0.462 e. The van der Waals surface area contributed by atoms with E-state index in [4.69, 9.17) is 4.74 Å². The lowest BCUT2D eigenvalue weighted by molar-refractivity contribution is -0.137. The Balaban J connectivity index is 2.50. The van der Waals surface area contributed by atoms with Crippen LogP contribution in [0.1, 0.15) is 45.1 Å². The molecule has 3 heteroatoms. The standard InChI is InChI=1S/C16H23NO2/c1-4-5-12-19-16(18)10-11-17-15-9-7-6-8-14(15)13(2)3/h6-11,13,17H,4-5,12H2,1-3H3/b11-10-. The van der Waals surface area contributed by atoms with Gasteiger partial charge in [0.05, 0.1) is 6.61 Å². The van der Waals surface area contributed by atoms with Gasteiger partial charge in [0.1, 0.15) is 0 Å². The highest BCUT2D eigenvalue weighted by molar-refractivity contribution is 5.82. The molecule has 0 bridgehead atoms. The molecule has 0 aliphatic heterocycles. The first-order valence-corrected chi connectivity index (χ1v) is 6.84. The first-order chi connectivity index (χ1) is 9.15. The van der Waals surface area contributed by atoms with Crippen LogP contribution in [0.25, 0.3) is 0 Å². The van der Waals surface area contributed by atoms with Crippen molar-refractivity contribution in [3.05, 3.63) is 42.1 Å². The zero-order valence-corrected chi connectivity index (χ0v) is 12.0. The van der Waals surface area contributed by atoms with Crippen LogP contribution in [-0.2, 0) is 9.53 Å². The van der Waals surface area contributed by atoms with Crippen LogP contribution in [0.2, 0.25) is 0 Å². The van der Waals surface area contributed by atoms with Gasteiger partial charge < -0.3 is 10.1 Å². The molecule has 1 rings (SSSR count). The molecule has 0 unspecified atom stereocenters. The maximum absolute atomic E-state index is 11.4. The van der Waals surface area contributed by atoms with E-state index in [0.717, 1.165) is 18.5 Å². The van der Waals surface area contributed by atoms with Crippen molar-refractivity contribution in [2.75, 3.05) is 11.9 Å². The number of benzene rings is 1. The van der Waals surface area contributed by atoms with Gasteiger partial charge in [-0.15, -0.1) is 0 Å². The fourth-order valence-corrected chi connectivity index (χ4v) is 1.70. The van der Waals surface area contributed by atoms with Crippen molar-refractivity contribution in [1.29, 1.82) is 0 Å². The average Bonchev–Trinajstić information content (AvgIpc) is 2.39. The molecule has 19 heavy (non-hydrogen) atoms. The monoisotopic (exact) mass is 261 g/mol. The summed E-state index contributed by atoms with van der Waals surface area (Å²) >= 11 is 0. The van der Waals surface area contributed by atoms with Gasteiger partial charge in [0, 0.05) is 18.0 Å². The first-order valence-electron chi connectivity index (χ1n) is 6.84. The van der Waals surface area contributed by atoms with Gasteiger partial charge in [-0.25, -0.2) is 4.79 Å². The van der Waals surface area contributed by atoms with Crippen LogP contribution in [0.5, 0.6) is 0 Å². The third kappa shape index (κ3) is 5.60. The third-order valence-corrected chi connectivity index (χ3v) is 2.78. The van der Waals surface area contributed by atoms with E-state index in [2.05, 4.69) is 32.2 Å². The van der Waals surface area contributed by atoms with E-state index in [9.17, 15) is 4.79 Å². The molecule has 0 aliphatic rings. The molecule has 3 nitrogen and oxygen atoms in total. The molecule has 1 N–H and O–H groups in total. The predicted molar refractivity (Wildman–Crippen MR) is 79.2 cm³/mol. The van der Waals surface area contributed by atoms with Crippen molar-refractivity contribution in [2.24, 2.45) is 0 Å². The second-order valence-corrected chi connectivity index (χ2v) is 4.74. The van der Waals surface area contributed by atoms with E-state index in [1.807, 2.05) is 18.2 Å². The number of carbonyl (C=O) groups is 1. The van der Waals surface area contributed by atoms with Crippen molar-refractivity contribution in [3.63, 3.8) is 0 Å². The molecule has 0 amide bonds. The second-order valence-electron chi connectivity index (χ2n) is 4.74. The quantitative estimate of drug-likeness (QED) is 0.456. The van der Waals surface area contributed by atoms with Gasteiger partial charge in [0.25, 0.3) is 0 Å². The van der Waals surface area contributed by atoms with E-state index in [1.54, 1.807) is 6.20 Å². The molecular weight excluding hydrogens is 238 g/mol. The van der Waals surface area contributed by atoms with Crippen LogP contribution in [0.4, 0.5) is 5.69 Å². The van der Waals surface area contributed by atoms with E-state index in [0.29, 0.717) is 12.5 Å². The fourth-order valence-electron chi connectivity index (χ4n) is 1.70. The highest BCUT2D eigenvalue weighted by Gasteiger charge is 2.03. The number of hydrogen-bond acceptors (Lipinski definition) is 3. The third-order valence-electron chi connectivity index (χ3n) is 2.78. The van der Waals surface area contributed by atoms with Crippen LogP contribution in [0.3, 0.4) is 0 Å². The molecule has 0 saturated heterocycles. The minimum atomic E-state index is -0.303. The minimum absolute atomic E-state index is 0.303. The number of para-hydroxylation sites is 1. The summed E-state index contributed by atoms with van der Waals surface area (Å²) in [6, 6.07) is 8.08. The Kier molecular flexibility index (Phi) is 6.72. The number of carbonyl (C=O) groups excluding carboxylic acids is 1. The molecule has 0 radical (unpaired) electrons. The summed E-state index contributed by atoms with van der Waals surface area (Å²) in [4.78, 5) is 11.4. The van der Waals surface area contributed by atoms with E-state index in [1.165, 1.54) is 11.6 Å². The van der Waals surface area contributed by atoms with Gasteiger partial charge in [0.2, 0.25) is 0 Å². The SMILES string of the molecule is CCCCOC(=O)/C=C\Nc1ccccc1C(C)C. The Labute approximate surface area is 115 Å². The molecule has 0 aliphatic carbocycles. The maximum atomic E-state index is 11.4. The Hall–Kier alpha value is -1.77. The summed E-state index contributed by atoms with van der Waals surface area (Å²) in [5, 5.41) is 3.13. The van der Waals surface area contributed by atoms with Gasteiger partial charge in [0.15, 0.2) is 0 Å². The van der Waals surface area contributed by atoms with E-state index in [-0.39, 0.29) is 5.97 Å². The molecule has 0 aromatic heterocycles. The topological polar surface area (TPSA) is 38.3 Å². The molecular formula is C16H23NO2. The van der Waals surface area contributed by atoms with Gasteiger partial charge >= 0.3 is 5.97 Å². The predicted octanol–water partition coefficient (Wildman–Crippen LogP) is 4.08. The molecule has 0 spiro atoms. The number of rotatable bonds is 7. The zero-order valence-electron chi connectivity index (χ0n) is 12.0. The van der Waals surface area contributed by atoms with Crippen LogP contribution in [0, 0.1) is 0 Å².